The van der Waals surface area contributed by atoms with E-state index in [1.807, 2.05) is 0 Å². The lowest BCUT2D eigenvalue weighted by Crippen LogP contribution is -2.11. The van der Waals surface area contributed by atoms with E-state index in [2.05, 4.69) is 29.8 Å². The second kappa shape index (κ2) is 7.36. The van der Waals surface area contributed by atoms with E-state index in [-0.39, 0.29) is 4.83 Å². The summed E-state index contributed by atoms with van der Waals surface area (Å²) in [7, 11) is 0. The summed E-state index contributed by atoms with van der Waals surface area (Å²) in [6, 6.07) is 0. The summed E-state index contributed by atoms with van der Waals surface area (Å²) in [6.45, 7) is 4.43. The SMILES string of the molecule is CC(C)CCCCCC(Br)C(=O)O. The van der Waals surface area contributed by atoms with Gasteiger partial charge in [-0.3, -0.25) is 4.79 Å². The van der Waals surface area contributed by atoms with Crippen molar-refractivity contribution in [1.82, 2.24) is 0 Å². The molecular formula is C10H19BrO2. The highest BCUT2D eigenvalue weighted by Gasteiger charge is 2.11. The van der Waals surface area contributed by atoms with Crippen molar-refractivity contribution in [3.8, 4) is 0 Å². The van der Waals surface area contributed by atoms with Gasteiger partial charge in [-0.2, -0.15) is 0 Å². The van der Waals surface area contributed by atoms with Gasteiger partial charge in [0.05, 0.1) is 0 Å². The van der Waals surface area contributed by atoms with Gasteiger partial charge in [0.1, 0.15) is 4.83 Å². The van der Waals surface area contributed by atoms with Crippen molar-refractivity contribution in [2.24, 2.45) is 5.92 Å². The third-order valence-corrected chi connectivity index (χ3v) is 2.86. The van der Waals surface area contributed by atoms with Crippen molar-refractivity contribution in [3.63, 3.8) is 0 Å². The number of carbonyl (C=O) groups is 1. The molecule has 0 aromatic heterocycles. The summed E-state index contributed by atoms with van der Waals surface area (Å²) >= 11 is 3.12. The fraction of sp³-hybridized carbons (Fsp3) is 0.900. The Hall–Kier alpha value is -0.0500. The first-order chi connectivity index (χ1) is 6.04. The van der Waals surface area contributed by atoms with Crippen molar-refractivity contribution in [2.45, 2.75) is 50.8 Å². The molecule has 2 nitrogen and oxygen atoms in total. The van der Waals surface area contributed by atoms with Crippen molar-refractivity contribution in [2.75, 3.05) is 0 Å². The van der Waals surface area contributed by atoms with Crippen molar-refractivity contribution < 1.29 is 9.90 Å². The molecule has 0 amide bonds. The molecule has 0 aromatic carbocycles. The van der Waals surface area contributed by atoms with Gasteiger partial charge >= 0.3 is 5.97 Å². The predicted octanol–water partition coefficient (Wildman–Crippen LogP) is 3.44. The molecule has 0 rings (SSSR count). The maximum absolute atomic E-state index is 10.4. The van der Waals surface area contributed by atoms with Gasteiger partial charge in [-0.25, -0.2) is 0 Å². The predicted molar refractivity (Wildman–Crippen MR) is 58.3 cm³/mol. The van der Waals surface area contributed by atoms with Crippen LogP contribution in [0.15, 0.2) is 0 Å². The summed E-state index contributed by atoms with van der Waals surface area (Å²) in [4.78, 5) is 10.1. The molecule has 0 bridgehead atoms. The van der Waals surface area contributed by atoms with Gasteiger partial charge in [0.2, 0.25) is 0 Å². The molecule has 0 aliphatic heterocycles. The molecule has 0 fully saturated rings. The summed E-state index contributed by atoms with van der Waals surface area (Å²) < 4.78 is 0. The third-order valence-electron chi connectivity index (χ3n) is 2.01. The van der Waals surface area contributed by atoms with Gasteiger partial charge in [0, 0.05) is 0 Å². The van der Waals surface area contributed by atoms with E-state index in [4.69, 9.17) is 5.11 Å². The highest BCUT2D eigenvalue weighted by Crippen LogP contribution is 2.14. The Morgan fingerprint density at radius 3 is 2.23 bits per heavy atom. The minimum absolute atomic E-state index is 0.355. The maximum Gasteiger partial charge on any atom is 0.317 e. The van der Waals surface area contributed by atoms with Gasteiger partial charge in [-0.05, 0) is 12.3 Å². The maximum atomic E-state index is 10.4. The lowest BCUT2D eigenvalue weighted by molar-refractivity contribution is -0.136. The topological polar surface area (TPSA) is 37.3 Å². The van der Waals surface area contributed by atoms with Crippen molar-refractivity contribution in [3.05, 3.63) is 0 Å². The summed E-state index contributed by atoms with van der Waals surface area (Å²) in [5.41, 5.74) is 0. The Morgan fingerprint density at radius 2 is 1.77 bits per heavy atom. The number of hydrogen-bond acceptors (Lipinski definition) is 1. The first kappa shape index (κ1) is 12.9. The first-order valence-corrected chi connectivity index (χ1v) is 5.82. The fourth-order valence-corrected chi connectivity index (χ4v) is 1.50. The van der Waals surface area contributed by atoms with Gasteiger partial charge in [-0.15, -0.1) is 0 Å². The van der Waals surface area contributed by atoms with E-state index < -0.39 is 5.97 Å². The monoisotopic (exact) mass is 250 g/mol. The molecule has 1 atom stereocenters. The molecular weight excluding hydrogens is 232 g/mol. The van der Waals surface area contributed by atoms with Crippen LogP contribution < -0.4 is 0 Å². The van der Waals surface area contributed by atoms with E-state index in [1.165, 1.54) is 12.8 Å². The smallest absolute Gasteiger partial charge is 0.317 e. The van der Waals surface area contributed by atoms with Crippen LogP contribution in [0.25, 0.3) is 0 Å². The van der Waals surface area contributed by atoms with Gasteiger partial charge in [-0.1, -0.05) is 55.5 Å². The molecule has 0 radical (unpaired) electrons. The average Bonchev–Trinajstić information content (AvgIpc) is 2.02. The van der Waals surface area contributed by atoms with Crippen molar-refractivity contribution in [1.29, 1.82) is 0 Å². The van der Waals surface area contributed by atoms with E-state index >= 15 is 0 Å². The Labute approximate surface area is 88.8 Å². The van der Waals surface area contributed by atoms with Crippen LogP contribution in [-0.2, 0) is 4.79 Å². The summed E-state index contributed by atoms with van der Waals surface area (Å²) in [5, 5.41) is 8.58. The summed E-state index contributed by atoms with van der Waals surface area (Å²) in [6.07, 6.45) is 5.37. The molecule has 78 valence electrons. The minimum Gasteiger partial charge on any atom is -0.480 e. The van der Waals surface area contributed by atoms with Gasteiger partial charge in [0.25, 0.3) is 0 Å². The van der Waals surface area contributed by atoms with Crippen LogP contribution in [0.5, 0.6) is 0 Å². The number of carboxylic acid groups (broad SMARTS) is 1. The molecule has 3 heteroatoms. The highest BCUT2D eigenvalue weighted by molar-refractivity contribution is 9.10. The lowest BCUT2D eigenvalue weighted by atomic mass is 10.0. The third kappa shape index (κ3) is 8.28. The van der Waals surface area contributed by atoms with Crippen LogP contribution in [-0.4, -0.2) is 15.9 Å². The quantitative estimate of drug-likeness (QED) is 0.556. The number of carboxylic acids is 1. The number of unbranched alkanes of at least 4 members (excludes halogenated alkanes) is 2. The Morgan fingerprint density at radius 1 is 1.23 bits per heavy atom. The van der Waals surface area contributed by atoms with Crippen LogP contribution in [0.2, 0.25) is 0 Å². The zero-order valence-corrected chi connectivity index (χ0v) is 10.0. The molecule has 13 heavy (non-hydrogen) atoms. The van der Waals surface area contributed by atoms with Gasteiger partial charge in [0.15, 0.2) is 0 Å². The van der Waals surface area contributed by atoms with Crippen molar-refractivity contribution >= 4 is 21.9 Å². The molecule has 0 saturated carbocycles. The Balaban J connectivity index is 3.21. The molecule has 1 unspecified atom stereocenters. The number of rotatable bonds is 7. The standard InChI is InChI=1S/C10H19BrO2/c1-8(2)6-4-3-5-7-9(11)10(12)13/h8-9H,3-7H2,1-2H3,(H,12,13). The fourth-order valence-electron chi connectivity index (χ4n) is 1.18. The van der Waals surface area contributed by atoms with E-state index in [0.29, 0.717) is 0 Å². The second-order valence-electron chi connectivity index (χ2n) is 3.84. The van der Waals surface area contributed by atoms with Crippen LogP contribution in [0, 0.1) is 5.92 Å². The number of alkyl halides is 1. The van der Waals surface area contributed by atoms with E-state index in [0.717, 1.165) is 25.2 Å². The summed E-state index contributed by atoms with van der Waals surface area (Å²) in [5.74, 6) is 0.0168. The van der Waals surface area contributed by atoms with E-state index in [1.54, 1.807) is 0 Å². The minimum atomic E-state index is -0.746. The average molecular weight is 251 g/mol. The van der Waals surface area contributed by atoms with Crippen LogP contribution in [0.3, 0.4) is 0 Å². The molecule has 1 N–H and O–H groups in total. The Kier molecular flexibility index (Phi) is 7.33. The number of aliphatic carboxylic acids is 1. The number of hydrogen-bond donors (Lipinski definition) is 1. The van der Waals surface area contributed by atoms with Crippen LogP contribution >= 0.6 is 15.9 Å². The largest absolute Gasteiger partial charge is 0.480 e. The molecule has 0 aliphatic carbocycles. The van der Waals surface area contributed by atoms with E-state index in [9.17, 15) is 4.79 Å². The molecule has 0 heterocycles. The molecule has 0 spiro atoms. The molecule has 0 aliphatic rings. The van der Waals surface area contributed by atoms with Crippen LogP contribution in [0.4, 0.5) is 0 Å². The Bertz CT molecular complexity index is 146. The number of halogens is 1. The zero-order valence-electron chi connectivity index (χ0n) is 8.42. The molecule has 0 aromatic rings. The van der Waals surface area contributed by atoms with Gasteiger partial charge < -0.3 is 5.11 Å². The molecule has 0 saturated heterocycles. The lowest BCUT2D eigenvalue weighted by Gasteiger charge is -2.05. The first-order valence-electron chi connectivity index (χ1n) is 4.91. The zero-order chi connectivity index (χ0) is 10.3. The highest BCUT2D eigenvalue weighted by atomic mass is 79.9. The second-order valence-corrected chi connectivity index (χ2v) is 4.94. The normalized spacial score (nSPS) is 13.2. The van der Waals surface area contributed by atoms with Crippen LogP contribution in [0.1, 0.15) is 46.0 Å².